The van der Waals surface area contributed by atoms with Crippen LogP contribution in [0.2, 0.25) is 0 Å². The van der Waals surface area contributed by atoms with Crippen LogP contribution in [0.5, 0.6) is 0 Å². The van der Waals surface area contributed by atoms with Crippen molar-refractivity contribution in [1.82, 2.24) is 20.9 Å². The van der Waals surface area contributed by atoms with Gasteiger partial charge in [0.1, 0.15) is 18.1 Å². The van der Waals surface area contributed by atoms with Gasteiger partial charge in [0.05, 0.1) is 6.04 Å². The fourth-order valence-electron chi connectivity index (χ4n) is 3.81. The lowest BCUT2D eigenvalue weighted by Crippen LogP contribution is -2.57. The smallest absolute Gasteiger partial charge is 0.326 e. The first kappa shape index (κ1) is 29.1. The van der Waals surface area contributed by atoms with Crippen LogP contribution in [0.4, 0.5) is 0 Å². The maximum atomic E-state index is 13.1. The van der Waals surface area contributed by atoms with Crippen molar-refractivity contribution in [3.8, 4) is 0 Å². The topological polar surface area (TPSA) is 204 Å². The van der Waals surface area contributed by atoms with E-state index in [0.717, 1.165) is 0 Å². The molecule has 1 fully saturated rings. The zero-order valence-corrected chi connectivity index (χ0v) is 20.6. The Morgan fingerprint density at radius 3 is 2.29 bits per heavy atom. The van der Waals surface area contributed by atoms with Gasteiger partial charge in [-0.3, -0.25) is 19.8 Å². The summed E-state index contributed by atoms with van der Waals surface area (Å²) in [6.07, 6.45) is 1.93. The molecule has 12 heteroatoms. The van der Waals surface area contributed by atoms with E-state index >= 15 is 0 Å². The van der Waals surface area contributed by atoms with Crippen LogP contribution < -0.4 is 27.4 Å². The minimum Gasteiger partial charge on any atom is -0.480 e. The predicted octanol–water partition coefficient (Wildman–Crippen LogP) is -0.676. The highest BCUT2D eigenvalue weighted by Crippen LogP contribution is 2.20. The quantitative estimate of drug-likeness (QED) is 0.101. The van der Waals surface area contributed by atoms with E-state index in [4.69, 9.17) is 16.9 Å². The van der Waals surface area contributed by atoms with Gasteiger partial charge in [0.25, 0.3) is 0 Å². The van der Waals surface area contributed by atoms with Crippen LogP contribution >= 0.6 is 0 Å². The Bertz CT molecular complexity index is 743. The molecule has 1 aliphatic heterocycles. The maximum absolute atomic E-state index is 13.1. The van der Waals surface area contributed by atoms with Crippen LogP contribution in [0.3, 0.4) is 0 Å². The lowest BCUT2D eigenvalue weighted by molar-refractivity contribution is -0.143. The Labute approximate surface area is 201 Å². The standard InChI is InChI=1S/C22H41N7O5/c1-12(2)11-15(18(30)27-14(21(33)34)7-5-9-26-22(24)25)28-19(31)16-8-6-10-29(16)20(32)17(23)13(3)4/h12-17H,5-11,23H2,1-4H3,(H,27,30)(H,28,31)(H,33,34)(H4,24,25,26)/t14-,15-,16-,17-/m0/s1. The summed E-state index contributed by atoms with van der Waals surface area (Å²) in [7, 11) is 0. The van der Waals surface area contributed by atoms with Crippen molar-refractivity contribution in [2.75, 3.05) is 13.1 Å². The molecule has 0 unspecified atom stereocenters. The molecule has 194 valence electrons. The van der Waals surface area contributed by atoms with Gasteiger partial charge in [-0.2, -0.15) is 0 Å². The third-order valence-corrected chi connectivity index (χ3v) is 5.78. The number of nitrogens with two attached hydrogens (primary N) is 2. The molecular weight excluding hydrogens is 442 g/mol. The summed E-state index contributed by atoms with van der Waals surface area (Å²) in [5, 5.41) is 24.4. The lowest BCUT2D eigenvalue weighted by atomic mass is 10.0. The molecule has 0 spiro atoms. The Kier molecular flexibility index (Phi) is 11.8. The van der Waals surface area contributed by atoms with Crippen LogP contribution in [-0.4, -0.2) is 76.9 Å². The minimum absolute atomic E-state index is 0.0507. The predicted molar refractivity (Wildman–Crippen MR) is 128 cm³/mol. The first-order chi connectivity index (χ1) is 15.8. The van der Waals surface area contributed by atoms with Crippen molar-refractivity contribution in [2.45, 2.75) is 84.0 Å². The summed E-state index contributed by atoms with van der Waals surface area (Å²) in [6, 6.07) is -3.52. The van der Waals surface area contributed by atoms with E-state index in [0.29, 0.717) is 38.8 Å². The number of hydrogen-bond acceptors (Lipinski definition) is 6. The zero-order valence-electron chi connectivity index (χ0n) is 20.6. The Morgan fingerprint density at radius 1 is 1.12 bits per heavy atom. The Hall–Kier alpha value is -2.89. The number of likely N-dealkylation sites (tertiary alicyclic amines) is 1. The maximum Gasteiger partial charge on any atom is 0.326 e. The molecule has 0 saturated carbocycles. The van der Waals surface area contributed by atoms with Crippen molar-refractivity contribution in [1.29, 1.82) is 5.41 Å². The molecule has 0 aliphatic carbocycles. The van der Waals surface area contributed by atoms with E-state index < -0.39 is 42.0 Å². The number of carboxylic acids is 1. The normalized spacial score (nSPS) is 18.3. The van der Waals surface area contributed by atoms with Gasteiger partial charge in [-0.15, -0.1) is 0 Å². The molecule has 1 rings (SSSR count). The van der Waals surface area contributed by atoms with Gasteiger partial charge in [-0.05, 0) is 43.9 Å². The summed E-state index contributed by atoms with van der Waals surface area (Å²) < 4.78 is 0. The van der Waals surface area contributed by atoms with Crippen molar-refractivity contribution in [3.63, 3.8) is 0 Å². The fraction of sp³-hybridized carbons (Fsp3) is 0.773. The van der Waals surface area contributed by atoms with Crippen LogP contribution in [0.25, 0.3) is 0 Å². The van der Waals surface area contributed by atoms with Crippen LogP contribution in [0, 0.1) is 17.2 Å². The van der Waals surface area contributed by atoms with Crippen LogP contribution in [0.1, 0.15) is 59.8 Å². The third kappa shape index (κ3) is 9.16. The number of carbonyl (C=O) groups is 4. The largest absolute Gasteiger partial charge is 0.480 e. The Balaban J connectivity index is 2.86. The molecule has 12 nitrogen and oxygen atoms in total. The molecule has 0 radical (unpaired) electrons. The number of nitrogens with one attached hydrogen (secondary N) is 4. The molecule has 0 bridgehead atoms. The van der Waals surface area contributed by atoms with Crippen LogP contribution in [-0.2, 0) is 19.2 Å². The molecular formula is C22H41N7O5. The van der Waals surface area contributed by atoms with E-state index in [1.165, 1.54) is 4.90 Å². The molecule has 3 amide bonds. The highest BCUT2D eigenvalue weighted by atomic mass is 16.4. The van der Waals surface area contributed by atoms with Crippen LogP contribution in [0.15, 0.2) is 0 Å². The lowest BCUT2D eigenvalue weighted by Gasteiger charge is -2.30. The van der Waals surface area contributed by atoms with E-state index in [-0.39, 0.29) is 30.1 Å². The van der Waals surface area contributed by atoms with Gasteiger partial charge in [-0.25, -0.2) is 4.79 Å². The second-order valence-electron chi connectivity index (χ2n) is 9.53. The molecule has 1 heterocycles. The highest BCUT2D eigenvalue weighted by molar-refractivity contribution is 5.94. The molecule has 0 aromatic carbocycles. The zero-order chi connectivity index (χ0) is 26.0. The molecule has 4 atom stereocenters. The van der Waals surface area contributed by atoms with E-state index in [1.54, 1.807) is 0 Å². The van der Waals surface area contributed by atoms with Gasteiger partial charge in [0.15, 0.2) is 5.96 Å². The molecule has 0 aromatic heterocycles. The first-order valence-electron chi connectivity index (χ1n) is 11.8. The Morgan fingerprint density at radius 2 is 1.76 bits per heavy atom. The van der Waals surface area contributed by atoms with Crippen molar-refractivity contribution in [3.05, 3.63) is 0 Å². The average Bonchev–Trinajstić information content (AvgIpc) is 3.23. The number of nitrogens with zero attached hydrogens (tertiary/aromatic N) is 1. The molecule has 9 N–H and O–H groups in total. The number of carbonyl (C=O) groups excluding carboxylic acids is 3. The second-order valence-corrected chi connectivity index (χ2v) is 9.53. The van der Waals surface area contributed by atoms with Gasteiger partial charge >= 0.3 is 5.97 Å². The van der Waals surface area contributed by atoms with Gasteiger partial charge in [0.2, 0.25) is 17.7 Å². The fourth-order valence-corrected chi connectivity index (χ4v) is 3.81. The summed E-state index contributed by atoms with van der Waals surface area (Å²) in [5.74, 6) is -2.76. The average molecular weight is 484 g/mol. The minimum atomic E-state index is -1.19. The summed E-state index contributed by atoms with van der Waals surface area (Å²) >= 11 is 0. The summed E-state index contributed by atoms with van der Waals surface area (Å²) in [4.78, 5) is 51.8. The van der Waals surface area contributed by atoms with Gasteiger partial charge in [0, 0.05) is 13.1 Å². The summed E-state index contributed by atoms with van der Waals surface area (Å²) in [5.41, 5.74) is 11.2. The number of rotatable bonds is 13. The SMILES string of the molecule is CC(C)C[C@H](NC(=O)[C@@H]1CCCN1C(=O)[C@@H](N)C(C)C)C(=O)N[C@@H](CCCNC(=N)N)C(=O)O. The highest BCUT2D eigenvalue weighted by Gasteiger charge is 2.38. The second kappa shape index (κ2) is 13.7. The van der Waals surface area contributed by atoms with Crippen molar-refractivity contribution in [2.24, 2.45) is 23.3 Å². The third-order valence-electron chi connectivity index (χ3n) is 5.78. The van der Waals surface area contributed by atoms with E-state index in [2.05, 4.69) is 16.0 Å². The number of amides is 3. The van der Waals surface area contributed by atoms with E-state index in [9.17, 15) is 24.3 Å². The van der Waals surface area contributed by atoms with Gasteiger partial charge < -0.3 is 37.4 Å². The number of aliphatic carboxylic acids is 1. The van der Waals surface area contributed by atoms with E-state index in [1.807, 2.05) is 27.7 Å². The molecule has 34 heavy (non-hydrogen) atoms. The first-order valence-corrected chi connectivity index (χ1v) is 11.8. The van der Waals surface area contributed by atoms with Crippen molar-refractivity contribution < 1.29 is 24.3 Å². The number of carboxylic acid groups (broad SMARTS) is 1. The number of guanidine groups is 1. The van der Waals surface area contributed by atoms with Gasteiger partial charge in [-0.1, -0.05) is 27.7 Å². The monoisotopic (exact) mass is 483 g/mol. The number of hydrogen-bond donors (Lipinski definition) is 7. The molecule has 0 aromatic rings. The molecule has 1 saturated heterocycles. The van der Waals surface area contributed by atoms with Crippen molar-refractivity contribution >= 4 is 29.7 Å². The summed E-state index contributed by atoms with van der Waals surface area (Å²) in [6.45, 7) is 8.18. The molecule has 1 aliphatic rings.